The molecule has 1 aliphatic heterocycles. The maximum Gasteiger partial charge on any atom is 0.211 e. The Kier molecular flexibility index (Phi) is 4.26. The molecule has 0 aromatic carbocycles. The number of hydrogen-bond acceptors (Lipinski definition) is 4. The molecule has 0 aliphatic carbocycles. The summed E-state index contributed by atoms with van der Waals surface area (Å²) < 4.78 is 4.90. The van der Waals surface area contributed by atoms with E-state index in [1.807, 2.05) is 11.8 Å². The van der Waals surface area contributed by atoms with Crippen LogP contribution < -0.4 is 4.91 Å². The van der Waals surface area contributed by atoms with Gasteiger partial charge in [0.1, 0.15) is 17.7 Å². The SMILES string of the molecule is CC1=NCCO1.N=[N+]=N. The lowest BCUT2D eigenvalue weighted by atomic mass is 10.8. The van der Waals surface area contributed by atoms with Gasteiger partial charge in [0.15, 0.2) is 5.90 Å². The third-order valence-electron chi connectivity index (χ3n) is 0.737. The fourth-order valence-corrected chi connectivity index (χ4v) is 0.442. The Labute approximate surface area is 52.8 Å². The summed E-state index contributed by atoms with van der Waals surface area (Å²) in [6.07, 6.45) is 0. The third-order valence-corrected chi connectivity index (χ3v) is 0.737. The van der Waals surface area contributed by atoms with E-state index in [0.29, 0.717) is 0 Å². The zero-order valence-electron chi connectivity index (χ0n) is 5.22. The third kappa shape index (κ3) is 4.64. The van der Waals surface area contributed by atoms with Crippen molar-refractivity contribution < 1.29 is 4.74 Å². The molecule has 9 heavy (non-hydrogen) atoms. The van der Waals surface area contributed by atoms with E-state index < -0.39 is 0 Å². The molecule has 0 radical (unpaired) electrons. The van der Waals surface area contributed by atoms with Crippen molar-refractivity contribution in [1.82, 2.24) is 4.91 Å². The Morgan fingerprint density at radius 1 is 1.67 bits per heavy atom. The van der Waals surface area contributed by atoms with E-state index in [2.05, 4.69) is 4.99 Å². The van der Waals surface area contributed by atoms with Crippen LogP contribution in [0.1, 0.15) is 6.92 Å². The number of aliphatic imine (C=N–C) groups is 1. The largest absolute Gasteiger partial charge is 0.479 e. The number of ether oxygens (including phenoxy) is 1. The first-order valence-corrected chi connectivity index (χ1v) is 2.48. The van der Waals surface area contributed by atoms with Crippen LogP contribution in [0.3, 0.4) is 0 Å². The van der Waals surface area contributed by atoms with Crippen LogP contribution in [0.2, 0.25) is 0 Å². The molecule has 0 aromatic heterocycles. The highest BCUT2D eigenvalue weighted by Crippen LogP contribution is 1.89. The Morgan fingerprint density at radius 3 is 2.33 bits per heavy atom. The molecule has 0 atom stereocenters. The number of rotatable bonds is 0. The molecule has 5 nitrogen and oxygen atoms in total. The van der Waals surface area contributed by atoms with Crippen LogP contribution in [-0.2, 0) is 4.74 Å². The predicted molar refractivity (Wildman–Crippen MR) is 31.5 cm³/mol. The van der Waals surface area contributed by atoms with E-state index >= 15 is 0 Å². The van der Waals surface area contributed by atoms with Gasteiger partial charge >= 0.3 is 0 Å². The van der Waals surface area contributed by atoms with Crippen LogP contribution in [0.5, 0.6) is 0 Å². The molecule has 0 fully saturated rings. The molecule has 0 unspecified atom stereocenters. The zero-order valence-corrected chi connectivity index (χ0v) is 5.22. The molecule has 1 aliphatic rings. The summed E-state index contributed by atoms with van der Waals surface area (Å²) in [5, 5.41) is 0. The highest BCUT2D eigenvalue weighted by atomic mass is 16.5. The quantitative estimate of drug-likeness (QED) is 0.363. The maximum atomic E-state index is 5.50. The molecule has 0 bridgehead atoms. The van der Waals surface area contributed by atoms with Gasteiger partial charge in [-0.25, -0.2) is 0 Å². The fourth-order valence-electron chi connectivity index (χ4n) is 0.442. The van der Waals surface area contributed by atoms with Crippen molar-refractivity contribution in [3.63, 3.8) is 0 Å². The molecule has 1 rings (SSSR count). The molecule has 2 N–H and O–H groups in total. The predicted octanol–water partition coefficient (Wildman–Crippen LogP) is 0.551. The van der Waals surface area contributed by atoms with Gasteiger partial charge in [-0.05, 0) is 0 Å². The summed E-state index contributed by atoms with van der Waals surface area (Å²) in [5.41, 5.74) is 11.0. The van der Waals surface area contributed by atoms with Crippen molar-refractivity contribution in [2.75, 3.05) is 13.2 Å². The van der Waals surface area contributed by atoms with Gasteiger partial charge in [0.05, 0.1) is 6.54 Å². The first kappa shape index (κ1) is 7.78. The molecule has 0 saturated heterocycles. The minimum Gasteiger partial charge on any atom is -0.479 e. The Hall–Kier alpha value is -1.22. The van der Waals surface area contributed by atoms with Gasteiger partial charge in [-0.15, -0.1) is 0 Å². The van der Waals surface area contributed by atoms with Gasteiger partial charge < -0.3 is 4.74 Å². The summed E-state index contributed by atoms with van der Waals surface area (Å²) in [6.45, 7) is 3.50. The highest BCUT2D eigenvalue weighted by Gasteiger charge is 1.96. The van der Waals surface area contributed by atoms with E-state index in [0.717, 1.165) is 19.0 Å². The molecule has 0 aromatic rings. The van der Waals surface area contributed by atoms with E-state index in [9.17, 15) is 0 Å². The van der Waals surface area contributed by atoms with Gasteiger partial charge in [-0.2, -0.15) is 0 Å². The molecular formula is C4H9N4O+. The smallest absolute Gasteiger partial charge is 0.211 e. The first-order valence-electron chi connectivity index (χ1n) is 2.48. The average molecular weight is 129 g/mol. The van der Waals surface area contributed by atoms with Crippen molar-refractivity contribution in [2.45, 2.75) is 6.92 Å². The molecule has 5 heteroatoms. The lowest BCUT2D eigenvalue weighted by molar-refractivity contribution is 0.345. The first-order chi connectivity index (χ1) is 4.31. The van der Waals surface area contributed by atoms with Gasteiger partial charge in [0.25, 0.3) is 0 Å². The second-order valence-electron chi connectivity index (χ2n) is 1.36. The molecule has 0 saturated carbocycles. The normalized spacial score (nSPS) is 14.1. The Bertz CT molecular complexity index is 136. The second-order valence-corrected chi connectivity index (χ2v) is 1.36. The van der Waals surface area contributed by atoms with Crippen LogP contribution in [0.25, 0.3) is 0 Å². The minimum atomic E-state index is 0.784. The van der Waals surface area contributed by atoms with Crippen molar-refractivity contribution in [2.24, 2.45) is 4.99 Å². The summed E-state index contributed by atoms with van der Waals surface area (Å²) in [4.78, 5) is 5.93. The lowest BCUT2D eigenvalue weighted by Gasteiger charge is -1.86. The minimum absolute atomic E-state index is 0.784. The highest BCUT2D eigenvalue weighted by molar-refractivity contribution is 5.74. The van der Waals surface area contributed by atoms with E-state index in [-0.39, 0.29) is 0 Å². The van der Waals surface area contributed by atoms with Gasteiger partial charge in [0.2, 0.25) is 4.91 Å². The monoisotopic (exact) mass is 129 g/mol. The van der Waals surface area contributed by atoms with Crippen molar-refractivity contribution in [3.05, 3.63) is 0 Å². The van der Waals surface area contributed by atoms with Gasteiger partial charge in [-0.3, -0.25) is 4.99 Å². The van der Waals surface area contributed by atoms with E-state index in [1.54, 1.807) is 0 Å². The van der Waals surface area contributed by atoms with E-state index in [1.165, 1.54) is 0 Å². The number of nitrogens with zero attached hydrogens (tertiary/aromatic N) is 2. The summed E-state index contributed by atoms with van der Waals surface area (Å²) in [7, 11) is 0. The topological polar surface area (TPSA) is 83.4 Å². The molecule has 1 heterocycles. The molecular weight excluding hydrogens is 120 g/mol. The zero-order chi connectivity index (χ0) is 7.11. The molecule has 50 valence electrons. The molecule has 0 amide bonds. The average Bonchev–Trinajstić information content (AvgIpc) is 2.20. The van der Waals surface area contributed by atoms with Gasteiger partial charge in [0, 0.05) is 6.92 Å². The summed E-state index contributed by atoms with van der Waals surface area (Å²) >= 11 is 0. The van der Waals surface area contributed by atoms with Crippen molar-refractivity contribution in [3.8, 4) is 0 Å². The molecule has 0 spiro atoms. The maximum absolute atomic E-state index is 5.50. The standard InChI is InChI=1S/C4H7NO.H2N3/c1-4-5-2-3-6-4;1-3-2/h2-3H2,1H3;1-2H/q;+1. The Balaban J connectivity index is 0.000000187. The van der Waals surface area contributed by atoms with Crippen molar-refractivity contribution in [1.29, 1.82) is 11.1 Å². The Morgan fingerprint density at radius 2 is 2.22 bits per heavy atom. The van der Waals surface area contributed by atoms with Crippen LogP contribution in [0.4, 0.5) is 0 Å². The summed E-state index contributed by atoms with van der Waals surface area (Å²) in [6, 6.07) is 0. The van der Waals surface area contributed by atoms with Gasteiger partial charge in [-0.1, -0.05) is 0 Å². The number of hydrogen-bond donors (Lipinski definition) is 2. The van der Waals surface area contributed by atoms with Crippen LogP contribution in [-0.4, -0.2) is 19.0 Å². The second kappa shape index (κ2) is 4.93. The van der Waals surface area contributed by atoms with E-state index in [4.69, 9.17) is 15.8 Å². The van der Waals surface area contributed by atoms with Crippen LogP contribution in [0.15, 0.2) is 4.99 Å². The van der Waals surface area contributed by atoms with Crippen LogP contribution in [0, 0.1) is 11.1 Å². The van der Waals surface area contributed by atoms with Crippen LogP contribution >= 0.6 is 0 Å². The van der Waals surface area contributed by atoms with Crippen molar-refractivity contribution >= 4 is 5.90 Å². The lowest BCUT2D eigenvalue weighted by Crippen LogP contribution is -1.89. The fraction of sp³-hybridized carbons (Fsp3) is 0.750. The number of nitrogens with one attached hydrogen (secondary N) is 2. The summed E-state index contributed by atoms with van der Waals surface area (Å²) in [5.74, 6) is 0.829.